The molecule has 6 rings (SSSR count). The Bertz CT molecular complexity index is 2090. The van der Waals surface area contributed by atoms with Gasteiger partial charge in [-0.25, -0.2) is 13.4 Å². The number of carbonyl (C=O) groups excluding carboxylic acids is 1. The molecule has 0 bridgehead atoms. The van der Waals surface area contributed by atoms with Crippen molar-refractivity contribution in [3.05, 3.63) is 94.5 Å². The van der Waals surface area contributed by atoms with E-state index in [9.17, 15) is 39.6 Å². The molecule has 54 heavy (non-hydrogen) atoms. The van der Waals surface area contributed by atoms with Gasteiger partial charge in [-0.15, -0.1) is 0 Å². The van der Waals surface area contributed by atoms with Gasteiger partial charge in [0.2, 0.25) is 0 Å². The number of amides is 1. The van der Waals surface area contributed by atoms with Gasteiger partial charge in [0.25, 0.3) is 5.91 Å². The topological polar surface area (TPSA) is 91.8 Å². The molecule has 2 fully saturated rings. The Kier molecular flexibility index (Phi) is 11.4. The number of halogens is 6. The number of aryl methyl sites for hydroxylation is 1. The van der Waals surface area contributed by atoms with E-state index in [1.807, 2.05) is 4.90 Å². The van der Waals surface area contributed by atoms with Crippen LogP contribution in [0.25, 0.3) is 22.2 Å². The smallest absolute Gasteiger partial charge is 0.379 e. The lowest BCUT2D eigenvalue weighted by Crippen LogP contribution is -2.48. The van der Waals surface area contributed by atoms with Gasteiger partial charge in [0.05, 0.1) is 45.7 Å². The van der Waals surface area contributed by atoms with Crippen molar-refractivity contribution in [3.8, 4) is 11.3 Å². The third-order valence-electron chi connectivity index (χ3n) is 10.2. The lowest BCUT2D eigenvalue weighted by molar-refractivity contribution is -0.155. The molecule has 8 nitrogen and oxygen atoms in total. The Balaban J connectivity index is 1.57. The molecule has 4 aromatic rings. The highest BCUT2D eigenvalue weighted by molar-refractivity contribution is 7.92. The molecule has 0 spiro atoms. The Morgan fingerprint density at radius 3 is 2.20 bits per heavy atom. The van der Waals surface area contributed by atoms with Gasteiger partial charge in [0, 0.05) is 42.2 Å². The molecule has 0 aliphatic carbocycles. The molecule has 2 saturated heterocycles. The number of morpholine rings is 1. The maximum Gasteiger partial charge on any atom is 0.416 e. The van der Waals surface area contributed by atoms with Crippen LogP contribution in [0.3, 0.4) is 0 Å². The number of likely N-dealkylation sites (tertiary alicyclic amines) is 1. The monoisotopic (exact) mass is 776 g/mol. The van der Waals surface area contributed by atoms with Crippen LogP contribution in [-0.4, -0.2) is 86.0 Å². The van der Waals surface area contributed by atoms with Gasteiger partial charge in [-0.2, -0.15) is 26.3 Å². The maximum atomic E-state index is 14.7. The molecule has 1 aromatic heterocycles. The zero-order chi connectivity index (χ0) is 39.0. The van der Waals surface area contributed by atoms with Crippen molar-refractivity contribution in [1.82, 2.24) is 20.1 Å². The van der Waals surface area contributed by atoms with E-state index in [1.165, 1.54) is 75.4 Å². The van der Waals surface area contributed by atoms with E-state index in [2.05, 4.69) is 10.2 Å². The number of rotatable bonds is 9. The van der Waals surface area contributed by atoms with Gasteiger partial charge in [0.15, 0.2) is 15.9 Å². The third-order valence-corrected chi connectivity index (χ3v) is 12.5. The highest BCUT2D eigenvalue weighted by Crippen LogP contribution is 2.39. The molecule has 3 aromatic carbocycles. The van der Waals surface area contributed by atoms with Crippen molar-refractivity contribution in [2.75, 3.05) is 39.4 Å². The van der Waals surface area contributed by atoms with Gasteiger partial charge >= 0.3 is 12.4 Å². The molecule has 1 amide bonds. The van der Waals surface area contributed by atoms with Gasteiger partial charge in [-0.1, -0.05) is 42.5 Å². The normalized spacial score (nSPS) is 17.6. The maximum absolute atomic E-state index is 14.7. The number of nitrogens with one attached hydrogen (secondary N) is 1. The number of alkyl halides is 6. The van der Waals surface area contributed by atoms with Crippen molar-refractivity contribution < 1.29 is 44.3 Å². The first-order chi connectivity index (χ1) is 25.4. The van der Waals surface area contributed by atoms with Crippen LogP contribution < -0.4 is 5.32 Å². The molecule has 0 unspecified atom stereocenters. The standard InChI is InChI=1S/C39H42F6N4O4S/c1-24(2)54(51,52)33-22-30-32(20-25(33)3)46-35(27-10-7-11-28(21-27)38(40,41)42)31(23-48-14-12-29(13-15-48)49-16-18-53-19-17-49)34(30)37(50)47-36(39(43,44)45)26-8-5-4-6-9-26/h4-11,20-22,24,29,36H,12-19,23H2,1-3H3,(H,47,50)/t36-/m1/s1. The number of sulfone groups is 1. The molecule has 2 aliphatic rings. The lowest BCUT2D eigenvalue weighted by Gasteiger charge is -2.40. The van der Waals surface area contributed by atoms with Crippen molar-refractivity contribution >= 4 is 26.6 Å². The summed E-state index contributed by atoms with van der Waals surface area (Å²) in [5.41, 5.74) is -1.10. The first-order valence-corrected chi connectivity index (χ1v) is 19.3. The fourth-order valence-electron chi connectivity index (χ4n) is 7.30. The van der Waals surface area contributed by atoms with Crippen LogP contribution >= 0.6 is 0 Å². The Morgan fingerprint density at radius 2 is 1.59 bits per heavy atom. The molecule has 15 heteroatoms. The van der Waals surface area contributed by atoms with Crippen molar-refractivity contribution in [1.29, 1.82) is 0 Å². The number of pyridine rings is 1. The van der Waals surface area contributed by atoms with Crippen molar-refractivity contribution in [2.24, 2.45) is 0 Å². The molecule has 290 valence electrons. The summed E-state index contributed by atoms with van der Waals surface area (Å²) in [5.74, 6) is -1.17. The van der Waals surface area contributed by atoms with E-state index in [-0.39, 0.29) is 61.9 Å². The minimum Gasteiger partial charge on any atom is -0.379 e. The van der Waals surface area contributed by atoms with E-state index in [4.69, 9.17) is 9.72 Å². The number of benzene rings is 3. The zero-order valence-corrected chi connectivity index (χ0v) is 30.9. The van der Waals surface area contributed by atoms with E-state index < -0.39 is 45.0 Å². The van der Waals surface area contributed by atoms with E-state index in [0.29, 0.717) is 26.3 Å². The lowest BCUT2D eigenvalue weighted by atomic mass is 9.93. The molecular weight excluding hydrogens is 735 g/mol. The van der Waals surface area contributed by atoms with Crippen molar-refractivity contribution in [2.45, 2.75) is 74.7 Å². The minimum atomic E-state index is -4.94. The molecular formula is C39H42F6N4O4S. The number of ether oxygens (including phenoxy) is 1. The van der Waals surface area contributed by atoms with Gasteiger partial charge in [-0.3, -0.25) is 14.6 Å². The van der Waals surface area contributed by atoms with Crippen molar-refractivity contribution in [3.63, 3.8) is 0 Å². The highest BCUT2D eigenvalue weighted by Gasteiger charge is 2.43. The zero-order valence-electron chi connectivity index (χ0n) is 30.1. The Morgan fingerprint density at radius 1 is 0.926 bits per heavy atom. The highest BCUT2D eigenvalue weighted by atomic mass is 32.2. The summed E-state index contributed by atoms with van der Waals surface area (Å²) >= 11 is 0. The fraction of sp³-hybridized carbons (Fsp3) is 0.436. The average molecular weight is 777 g/mol. The second kappa shape index (κ2) is 15.6. The fourth-order valence-corrected chi connectivity index (χ4v) is 8.60. The largest absolute Gasteiger partial charge is 0.416 e. The second-order valence-electron chi connectivity index (χ2n) is 14.1. The Labute approximate surface area is 310 Å². The van der Waals surface area contributed by atoms with Gasteiger partial charge in [0.1, 0.15) is 0 Å². The number of fused-ring (bicyclic) bond motifs is 1. The summed E-state index contributed by atoms with van der Waals surface area (Å²) in [6.07, 6.45) is -8.18. The average Bonchev–Trinajstić information content (AvgIpc) is 3.13. The number of carbonyl (C=O) groups is 1. The van der Waals surface area contributed by atoms with E-state index in [0.717, 1.165) is 38.1 Å². The third kappa shape index (κ3) is 8.43. The van der Waals surface area contributed by atoms with Crippen LogP contribution in [0.15, 0.2) is 71.6 Å². The number of hydrogen-bond donors (Lipinski definition) is 1. The van der Waals surface area contributed by atoms with E-state index >= 15 is 0 Å². The van der Waals surface area contributed by atoms with Crippen LogP contribution in [0.5, 0.6) is 0 Å². The summed E-state index contributed by atoms with van der Waals surface area (Å²) in [6.45, 7) is 8.33. The minimum absolute atomic E-state index is 0.00550. The summed E-state index contributed by atoms with van der Waals surface area (Å²) < 4.78 is 119. The van der Waals surface area contributed by atoms with Gasteiger partial charge in [-0.05, 0) is 82.1 Å². The number of aromatic nitrogens is 1. The number of piperidine rings is 1. The van der Waals surface area contributed by atoms with Crippen LogP contribution in [0.2, 0.25) is 0 Å². The van der Waals surface area contributed by atoms with E-state index in [1.54, 1.807) is 0 Å². The molecule has 3 heterocycles. The second-order valence-corrected chi connectivity index (χ2v) is 16.6. The molecule has 2 aliphatic heterocycles. The molecule has 1 atom stereocenters. The van der Waals surface area contributed by atoms with Crippen LogP contribution in [0.4, 0.5) is 26.3 Å². The Hall–Kier alpha value is -4.05. The number of hydrogen-bond acceptors (Lipinski definition) is 7. The predicted octanol–water partition coefficient (Wildman–Crippen LogP) is 7.74. The summed E-state index contributed by atoms with van der Waals surface area (Å²) in [4.78, 5) is 23.6. The predicted molar refractivity (Wildman–Crippen MR) is 193 cm³/mol. The summed E-state index contributed by atoms with van der Waals surface area (Å²) in [6, 6.07) is 11.7. The molecule has 0 radical (unpaired) electrons. The molecule has 0 saturated carbocycles. The SMILES string of the molecule is Cc1cc2nc(-c3cccc(C(F)(F)F)c3)c(CN3CCC(N4CCOCC4)CC3)c(C(=O)N[C@H](c3ccccc3)C(F)(F)F)c2cc1S(=O)(=O)C(C)C. The molecule has 1 N–H and O–H groups in total. The first kappa shape index (κ1) is 39.6. The van der Waals surface area contributed by atoms with Crippen LogP contribution in [0.1, 0.15) is 65.3 Å². The first-order valence-electron chi connectivity index (χ1n) is 17.8. The van der Waals surface area contributed by atoms with Crippen LogP contribution in [0, 0.1) is 6.92 Å². The quantitative estimate of drug-likeness (QED) is 0.174. The summed E-state index contributed by atoms with van der Waals surface area (Å²) in [7, 11) is -3.96. The number of nitrogens with zero attached hydrogens (tertiary/aromatic N) is 3. The van der Waals surface area contributed by atoms with Gasteiger partial charge < -0.3 is 10.1 Å². The van der Waals surface area contributed by atoms with Crippen LogP contribution in [-0.2, 0) is 27.3 Å². The summed E-state index contributed by atoms with van der Waals surface area (Å²) in [5, 5.41) is 1.26.